The second kappa shape index (κ2) is 27.0. The average molecular weight is 483 g/mol. The lowest BCUT2D eigenvalue weighted by Gasteiger charge is -2.22. The molecule has 198 valence electrons. The molecule has 1 atom stereocenters. The lowest BCUT2D eigenvalue weighted by atomic mass is 10.1. The van der Waals surface area contributed by atoms with Crippen LogP contribution in [0.25, 0.3) is 0 Å². The van der Waals surface area contributed by atoms with E-state index >= 15 is 0 Å². The Bertz CT molecular complexity index is 603. The highest BCUT2D eigenvalue weighted by atomic mass is 16.7. The van der Waals surface area contributed by atoms with Crippen LogP contribution in [-0.2, 0) is 9.47 Å². The van der Waals surface area contributed by atoms with E-state index in [1.165, 1.54) is 64.2 Å². The van der Waals surface area contributed by atoms with E-state index in [2.05, 4.69) is 79.8 Å². The van der Waals surface area contributed by atoms with Crippen molar-refractivity contribution in [1.29, 1.82) is 0 Å². The van der Waals surface area contributed by atoms with Gasteiger partial charge in [0.2, 0.25) is 0 Å². The summed E-state index contributed by atoms with van der Waals surface area (Å²) in [7, 11) is 0. The van der Waals surface area contributed by atoms with Gasteiger partial charge in [0, 0.05) is 13.2 Å². The minimum absolute atomic E-state index is 0.0813. The molecule has 1 saturated heterocycles. The first-order valence-corrected chi connectivity index (χ1v) is 14.6. The molecule has 0 N–H and O–H groups in total. The van der Waals surface area contributed by atoms with Gasteiger partial charge in [-0.3, -0.25) is 0 Å². The third-order valence-electron chi connectivity index (χ3n) is 6.05. The van der Waals surface area contributed by atoms with Crippen molar-refractivity contribution < 1.29 is 9.47 Å². The van der Waals surface area contributed by atoms with E-state index in [9.17, 15) is 0 Å². The molecule has 0 aromatic rings. The van der Waals surface area contributed by atoms with Crippen molar-refractivity contribution >= 4 is 0 Å². The summed E-state index contributed by atoms with van der Waals surface area (Å²) in [6.07, 6.45) is 47.5. The Hall–Kier alpha value is -1.64. The third kappa shape index (κ3) is 23.9. The highest BCUT2D eigenvalue weighted by Gasteiger charge is 2.13. The molecule has 0 bridgehead atoms. The van der Waals surface area contributed by atoms with Crippen molar-refractivity contribution in [2.75, 3.05) is 13.2 Å². The topological polar surface area (TPSA) is 18.5 Å². The normalized spacial score (nSPS) is 17.6. The average Bonchev–Trinajstić information content (AvgIpc) is 2.89. The van der Waals surface area contributed by atoms with Gasteiger partial charge in [0.25, 0.3) is 0 Å². The molecule has 1 unspecified atom stereocenters. The summed E-state index contributed by atoms with van der Waals surface area (Å²) in [4.78, 5) is 0. The van der Waals surface area contributed by atoms with Crippen LogP contribution in [0.4, 0.5) is 0 Å². The molecule has 1 aliphatic rings. The predicted octanol–water partition coefficient (Wildman–Crippen LogP) is 10.3. The maximum absolute atomic E-state index is 5.79. The van der Waals surface area contributed by atoms with Crippen LogP contribution in [0, 0.1) is 0 Å². The van der Waals surface area contributed by atoms with E-state index in [0.29, 0.717) is 0 Å². The van der Waals surface area contributed by atoms with E-state index in [1.807, 2.05) is 0 Å². The summed E-state index contributed by atoms with van der Waals surface area (Å²) in [6.45, 7) is 3.92. The molecule has 1 rings (SSSR count). The molecule has 0 amide bonds. The van der Waals surface area contributed by atoms with Crippen molar-refractivity contribution in [3.05, 3.63) is 72.9 Å². The Morgan fingerprint density at radius 3 is 1.57 bits per heavy atom. The molecule has 0 saturated carbocycles. The SMILES string of the molecule is CCC=CCC=CCC=CCC=CCC=CCC=CCCCCCCCCCOC1CCCCO1. The van der Waals surface area contributed by atoms with Crippen molar-refractivity contribution in [3.63, 3.8) is 0 Å². The Morgan fingerprint density at radius 2 is 1.06 bits per heavy atom. The van der Waals surface area contributed by atoms with E-state index < -0.39 is 0 Å². The van der Waals surface area contributed by atoms with E-state index in [4.69, 9.17) is 9.47 Å². The van der Waals surface area contributed by atoms with Gasteiger partial charge in [-0.15, -0.1) is 0 Å². The molecule has 35 heavy (non-hydrogen) atoms. The van der Waals surface area contributed by atoms with Gasteiger partial charge in [-0.2, -0.15) is 0 Å². The van der Waals surface area contributed by atoms with Crippen molar-refractivity contribution in [2.45, 2.75) is 122 Å². The maximum atomic E-state index is 5.79. The second-order valence-electron chi connectivity index (χ2n) is 9.35. The number of hydrogen-bond donors (Lipinski definition) is 0. The first-order chi connectivity index (χ1) is 17.4. The maximum Gasteiger partial charge on any atom is 0.157 e. The molecule has 0 aromatic carbocycles. The molecule has 1 heterocycles. The zero-order valence-corrected chi connectivity index (χ0v) is 22.8. The smallest absolute Gasteiger partial charge is 0.157 e. The van der Waals surface area contributed by atoms with E-state index in [0.717, 1.165) is 58.2 Å². The van der Waals surface area contributed by atoms with Gasteiger partial charge >= 0.3 is 0 Å². The van der Waals surface area contributed by atoms with Crippen LogP contribution in [0.5, 0.6) is 0 Å². The number of ether oxygens (including phenoxy) is 2. The Balaban J connectivity index is 1.79. The quantitative estimate of drug-likeness (QED) is 0.113. The van der Waals surface area contributed by atoms with Crippen LogP contribution in [0.1, 0.15) is 116 Å². The molecular weight excluding hydrogens is 428 g/mol. The minimum atomic E-state index is 0.0813. The van der Waals surface area contributed by atoms with Crippen molar-refractivity contribution in [2.24, 2.45) is 0 Å². The van der Waals surface area contributed by atoms with E-state index in [-0.39, 0.29) is 6.29 Å². The van der Waals surface area contributed by atoms with Gasteiger partial charge in [-0.1, -0.05) is 112 Å². The van der Waals surface area contributed by atoms with Gasteiger partial charge < -0.3 is 9.47 Å². The van der Waals surface area contributed by atoms with Crippen LogP contribution in [-0.4, -0.2) is 19.5 Å². The first kappa shape index (κ1) is 31.4. The molecule has 0 aliphatic carbocycles. The highest BCUT2D eigenvalue weighted by molar-refractivity contribution is 5.01. The molecular formula is C33H54O2. The zero-order valence-electron chi connectivity index (χ0n) is 22.8. The van der Waals surface area contributed by atoms with Crippen LogP contribution >= 0.6 is 0 Å². The lowest BCUT2D eigenvalue weighted by molar-refractivity contribution is -0.162. The van der Waals surface area contributed by atoms with Crippen LogP contribution in [0.15, 0.2) is 72.9 Å². The van der Waals surface area contributed by atoms with Crippen LogP contribution in [0.3, 0.4) is 0 Å². The lowest BCUT2D eigenvalue weighted by Crippen LogP contribution is -2.22. The number of allylic oxidation sites excluding steroid dienone is 12. The van der Waals surface area contributed by atoms with Gasteiger partial charge in [0.15, 0.2) is 6.29 Å². The van der Waals surface area contributed by atoms with E-state index in [1.54, 1.807) is 0 Å². The Morgan fingerprint density at radius 1 is 0.571 bits per heavy atom. The summed E-state index contributed by atoms with van der Waals surface area (Å²) >= 11 is 0. The molecule has 0 spiro atoms. The summed E-state index contributed by atoms with van der Waals surface area (Å²) in [5.74, 6) is 0. The summed E-state index contributed by atoms with van der Waals surface area (Å²) < 4.78 is 11.4. The first-order valence-electron chi connectivity index (χ1n) is 14.6. The largest absolute Gasteiger partial charge is 0.353 e. The Kier molecular flexibility index (Phi) is 24.2. The fourth-order valence-electron chi connectivity index (χ4n) is 3.95. The minimum Gasteiger partial charge on any atom is -0.353 e. The number of hydrogen-bond acceptors (Lipinski definition) is 2. The highest BCUT2D eigenvalue weighted by Crippen LogP contribution is 2.15. The molecule has 2 heteroatoms. The van der Waals surface area contributed by atoms with Gasteiger partial charge in [0.05, 0.1) is 0 Å². The molecule has 0 aromatic heterocycles. The van der Waals surface area contributed by atoms with Crippen molar-refractivity contribution in [3.8, 4) is 0 Å². The molecule has 2 nitrogen and oxygen atoms in total. The Labute approximate surface area is 218 Å². The second-order valence-corrected chi connectivity index (χ2v) is 9.35. The van der Waals surface area contributed by atoms with Gasteiger partial charge in [-0.25, -0.2) is 0 Å². The monoisotopic (exact) mass is 482 g/mol. The van der Waals surface area contributed by atoms with Crippen LogP contribution < -0.4 is 0 Å². The van der Waals surface area contributed by atoms with Gasteiger partial charge in [-0.05, 0) is 77.0 Å². The van der Waals surface area contributed by atoms with Crippen molar-refractivity contribution in [1.82, 2.24) is 0 Å². The third-order valence-corrected chi connectivity index (χ3v) is 6.05. The number of rotatable bonds is 22. The number of unbranched alkanes of at least 4 members (excludes halogenated alkanes) is 7. The standard InChI is InChI=1S/C33H54O2/c1-2-3-4-5-6-7-8-9-10-11-12-13-14-15-16-17-18-19-20-21-22-23-24-25-26-28-31-34-33-30-27-29-32-35-33/h3-4,6-7,9-10,12-13,15-16,18-19,33H,2,5,8,11,14,17,20-32H2,1H3. The zero-order chi connectivity index (χ0) is 24.9. The van der Waals surface area contributed by atoms with Gasteiger partial charge in [0.1, 0.15) is 0 Å². The summed E-state index contributed by atoms with van der Waals surface area (Å²) in [5.41, 5.74) is 0. The summed E-state index contributed by atoms with van der Waals surface area (Å²) in [6, 6.07) is 0. The van der Waals surface area contributed by atoms with Crippen LogP contribution in [0.2, 0.25) is 0 Å². The molecule has 1 aliphatic heterocycles. The predicted molar refractivity (Wildman–Crippen MR) is 155 cm³/mol. The summed E-state index contributed by atoms with van der Waals surface area (Å²) in [5, 5.41) is 0. The molecule has 0 radical (unpaired) electrons. The fourth-order valence-corrected chi connectivity index (χ4v) is 3.95. The molecule has 1 fully saturated rings. The fraction of sp³-hybridized carbons (Fsp3) is 0.636.